The number of nitrogens with one attached hydrogen (secondary N) is 2. The summed E-state index contributed by atoms with van der Waals surface area (Å²) in [7, 11) is 1.78. The van der Waals surface area contributed by atoms with Crippen molar-refractivity contribution < 1.29 is 28.0 Å². The highest BCUT2D eigenvalue weighted by molar-refractivity contribution is 6.20. The molecule has 1 spiro atoms. The molecule has 2 N–H and O–H groups in total. The van der Waals surface area contributed by atoms with Crippen LogP contribution in [0.1, 0.15) is 19.4 Å². The number of nitrogens with zero attached hydrogens (tertiary/aromatic N) is 4. The second-order valence-corrected chi connectivity index (χ2v) is 9.10. The molecule has 5 heterocycles. The van der Waals surface area contributed by atoms with Gasteiger partial charge in [-0.3, -0.25) is 20.2 Å². The summed E-state index contributed by atoms with van der Waals surface area (Å²) < 4.78 is 29.1. The number of imide groups is 2. The fourth-order valence-corrected chi connectivity index (χ4v) is 5.70. The van der Waals surface area contributed by atoms with Crippen molar-refractivity contribution in [3.8, 4) is 11.5 Å². The van der Waals surface area contributed by atoms with Crippen molar-refractivity contribution >= 4 is 34.5 Å². The Morgan fingerprint density at radius 3 is 2.62 bits per heavy atom. The molecule has 34 heavy (non-hydrogen) atoms. The number of ether oxygens (including phenoxy) is 1. The first-order valence-electron chi connectivity index (χ1n) is 10.9. The van der Waals surface area contributed by atoms with E-state index in [2.05, 4.69) is 20.8 Å². The zero-order valence-electron chi connectivity index (χ0n) is 18.6. The van der Waals surface area contributed by atoms with Crippen LogP contribution in [0.25, 0.3) is 22.5 Å². The summed E-state index contributed by atoms with van der Waals surface area (Å²) >= 11 is 0. The average Bonchev–Trinajstić information content (AvgIpc) is 3.37. The molecule has 2 aromatic heterocycles. The lowest BCUT2D eigenvalue weighted by atomic mass is 9.66. The monoisotopic (exact) mass is 468 g/mol. The number of hydrogen-bond donors (Lipinski definition) is 2. The fraction of sp³-hybridized carbons (Fsp3) is 0.409. The highest BCUT2D eigenvalue weighted by Gasteiger charge is 2.63. The van der Waals surface area contributed by atoms with Crippen LogP contribution in [0.5, 0.6) is 0 Å². The molecule has 0 radical (unpaired) electrons. The quantitative estimate of drug-likeness (QED) is 0.511. The number of amides is 4. The SMILES string of the molecule is C[C@H]1CN2c3c(cc4c(-c5nccn5C)noc4c3F)CC3(C(=O)NC(=O)NC3=O)[C@@H]2[C@@H](C)O1. The number of fused-ring (bicyclic) bond motifs is 5. The van der Waals surface area contributed by atoms with E-state index in [1.54, 1.807) is 41.9 Å². The number of benzene rings is 1. The van der Waals surface area contributed by atoms with E-state index in [9.17, 15) is 14.4 Å². The van der Waals surface area contributed by atoms with E-state index in [0.717, 1.165) is 0 Å². The van der Waals surface area contributed by atoms with Crippen LogP contribution in [0.3, 0.4) is 0 Å². The van der Waals surface area contributed by atoms with Crippen LogP contribution in [-0.4, -0.2) is 57.3 Å². The Morgan fingerprint density at radius 2 is 1.94 bits per heavy atom. The maximum Gasteiger partial charge on any atom is 0.328 e. The summed E-state index contributed by atoms with van der Waals surface area (Å²) in [6.45, 7) is 3.81. The second kappa shape index (κ2) is 6.86. The van der Waals surface area contributed by atoms with Crippen LogP contribution in [0.15, 0.2) is 23.0 Å². The molecule has 1 aromatic carbocycles. The summed E-state index contributed by atoms with van der Waals surface area (Å²) in [6, 6.07) is -0.0322. The van der Waals surface area contributed by atoms with E-state index in [1.807, 2.05) is 6.92 Å². The largest absolute Gasteiger partial charge is 0.372 e. The number of aryl methyl sites for hydroxylation is 1. The first-order valence-corrected chi connectivity index (χ1v) is 10.9. The molecule has 11 nitrogen and oxygen atoms in total. The zero-order valence-corrected chi connectivity index (χ0v) is 18.6. The van der Waals surface area contributed by atoms with Crippen LogP contribution >= 0.6 is 0 Å². The van der Waals surface area contributed by atoms with Gasteiger partial charge < -0.3 is 18.7 Å². The number of halogens is 1. The van der Waals surface area contributed by atoms with E-state index in [4.69, 9.17) is 9.26 Å². The number of hydrogen-bond acceptors (Lipinski definition) is 8. The second-order valence-electron chi connectivity index (χ2n) is 9.10. The molecule has 0 saturated carbocycles. The molecule has 2 saturated heterocycles. The lowest BCUT2D eigenvalue weighted by molar-refractivity contribution is -0.153. The van der Waals surface area contributed by atoms with E-state index in [-0.39, 0.29) is 30.3 Å². The molecule has 0 unspecified atom stereocenters. The van der Waals surface area contributed by atoms with Crippen molar-refractivity contribution in [2.45, 2.75) is 38.5 Å². The van der Waals surface area contributed by atoms with Crippen molar-refractivity contribution in [3.63, 3.8) is 0 Å². The first kappa shape index (κ1) is 20.8. The number of urea groups is 1. The molecule has 176 valence electrons. The lowest BCUT2D eigenvalue weighted by Crippen LogP contribution is -2.75. The minimum absolute atomic E-state index is 0.0361. The standard InChI is InChI=1S/C22H21FN6O5/c1-9-8-29-15-11(6-12-14(18-24-4-5-28(18)3)27-34-16(12)13(15)23)7-22(17(29)10(2)33-9)19(30)25-21(32)26-20(22)31/h4-6,9-10,17H,7-8H2,1-3H3,(H2,25,26,30,31,32)/t9-,10+,17-/m0/s1. The molecule has 3 atom stereocenters. The summed E-state index contributed by atoms with van der Waals surface area (Å²) in [5, 5.41) is 8.89. The van der Waals surface area contributed by atoms with Crippen LogP contribution < -0.4 is 15.5 Å². The summed E-state index contributed by atoms with van der Waals surface area (Å²) in [6.07, 6.45) is 2.30. The molecular formula is C22H21FN6O5. The Morgan fingerprint density at radius 1 is 1.21 bits per heavy atom. The molecule has 3 aliphatic heterocycles. The molecule has 3 aliphatic rings. The molecule has 3 aromatic rings. The number of rotatable bonds is 1. The Bertz CT molecular complexity index is 1380. The van der Waals surface area contributed by atoms with Crippen molar-refractivity contribution in [1.29, 1.82) is 0 Å². The topological polar surface area (TPSA) is 132 Å². The van der Waals surface area contributed by atoms with Crippen LogP contribution in [0, 0.1) is 11.2 Å². The molecule has 4 amide bonds. The van der Waals surface area contributed by atoms with Gasteiger partial charge in [0, 0.05) is 32.4 Å². The molecular weight excluding hydrogens is 447 g/mol. The number of imidazole rings is 1. The third-order valence-corrected chi connectivity index (χ3v) is 7.00. The Labute approximate surface area is 192 Å². The van der Waals surface area contributed by atoms with Gasteiger partial charge in [0.25, 0.3) is 0 Å². The zero-order chi connectivity index (χ0) is 23.9. The maximum atomic E-state index is 16.0. The summed E-state index contributed by atoms with van der Waals surface area (Å²) in [4.78, 5) is 44.4. The fourth-order valence-electron chi connectivity index (χ4n) is 5.70. The average molecular weight is 468 g/mol. The third kappa shape index (κ3) is 2.56. The lowest BCUT2D eigenvalue weighted by Gasteiger charge is -2.55. The number of barbiturate groups is 1. The van der Waals surface area contributed by atoms with E-state index < -0.39 is 41.2 Å². The van der Waals surface area contributed by atoms with Gasteiger partial charge in [0.15, 0.2) is 22.8 Å². The predicted octanol–water partition coefficient (Wildman–Crippen LogP) is 1.26. The van der Waals surface area contributed by atoms with Crippen LogP contribution in [0.4, 0.5) is 14.9 Å². The molecule has 0 aliphatic carbocycles. The predicted molar refractivity (Wildman–Crippen MR) is 115 cm³/mol. The highest BCUT2D eigenvalue weighted by atomic mass is 19.1. The van der Waals surface area contributed by atoms with Crippen molar-refractivity contribution in [1.82, 2.24) is 25.3 Å². The normalized spacial score (nSPS) is 25.8. The van der Waals surface area contributed by atoms with Gasteiger partial charge in [-0.05, 0) is 25.5 Å². The smallest absolute Gasteiger partial charge is 0.328 e. The van der Waals surface area contributed by atoms with Crippen molar-refractivity contribution in [2.24, 2.45) is 12.5 Å². The van der Waals surface area contributed by atoms with E-state index in [0.29, 0.717) is 22.5 Å². The molecule has 6 rings (SSSR count). The van der Waals surface area contributed by atoms with Gasteiger partial charge in [0.2, 0.25) is 17.4 Å². The minimum atomic E-state index is -1.69. The molecule has 12 heteroatoms. The summed E-state index contributed by atoms with van der Waals surface area (Å²) in [5.41, 5.74) is -0.713. The van der Waals surface area contributed by atoms with Gasteiger partial charge in [-0.25, -0.2) is 14.2 Å². The number of carbonyl (C=O) groups is 3. The van der Waals surface area contributed by atoms with E-state index >= 15 is 4.39 Å². The van der Waals surface area contributed by atoms with Crippen LogP contribution in [0.2, 0.25) is 0 Å². The minimum Gasteiger partial charge on any atom is -0.372 e. The van der Waals surface area contributed by atoms with Crippen molar-refractivity contribution in [2.75, 3.05) is 11.4 Å². The first-order chi connectivity index (χ1) is 16.2. The molecule has 2 fully saturated rings. The molecule has 0 bridgehead atoms. The van der Waals surface area contributed by atoms with Gasteiger partial charge >= 0.3 is 6.03 Å². The summed E-state index contributed by atoms with van der Waals surface area (Å²) in [5.74, 6) is -1.62. The van der Waals surface area contributed by atoms with Crippen LogP contribution in [-0.2, 0) is 27.8 Å². The number of morpholine rings is 1. The number of anilines is 1. The third-order valence-electron chi connectivity index (χ3n) is 7.00. The van der Waals surface area contributed by atoms with Gasteiger partial charge in [-0.15, -0.1) is 0 Å². The maximum absolute atomic E-state index is 16.0. The number of carbonyl (C=O) groups excluding carboxylic acids is 3. The van der Waals surface area contributed by atoms with Gasteiger partial charge in [0.05, 0.1) is 29.3 Å². The number of aromatic nitrogens is 3. The Hall–Kier alpha value is -3.80. The van der Waals surface area contributed by atoms with Crippen molar-refractivity contribution in [3.05, 3.63) is 29.8 Å². The highest BCUT2D eigenvalue weighted by Crippen LogP contribution is 2.49. The Kier molecular flexibility index (Phi) is 4.19. The van der Waals surface area contributed by atoms with Gasteiger partial charge in [0.1, 0.15) is 0 Å². The van der Waals surface area contributed by atoms with Gasteiger partial charge in [-0.1, -0.05) is 5.16 Å². The Balaban J connectivity index is 1.61. The van der Waals surface area contributed by atoms with Gasteiger partial charge in [-0.2, -0.15) is 0 Å². The van der Waals surface area contributed by atoms with E-state index in [1.165, 1.54) is 0 Å².